The molecule has 1 radical (unpaired) electrons. The molecule has 21 heavy (non-hydrogen) atoms. The maximum atomic E-state index is 12.7. The Morgan fingerprint density at radius 3 is 2.48 bits per heavy atom. The molecule has 2 aromatic rings. The Bertz CT molecular complexity index is 597. The van der Waals surface area contributed by atoms with E-state index >= 15 is 0 Å². The van der Waals surface area contributed by atoms with Crippen molar-refractivity contribution in [2.75, 3.05) is 7.11 Å². The molecule has 0 heterocycles. The third kappa shape index (κ3) is 4.27. The highest BCUT2D eigenvalue weighted by Gasteiger charge is 2.10. The molecule has 0 aliphatic rings. The van der Waals surface area contributed by atoms with Gasteiger partial charge in [-0.3, -0.25) is 0 Å². The second kappa shape index (κ2) is 7.38. The van der Waals surface area contributed by atoms with E-state index in [1.165, 1.54) is 12.1 Å². The number of ether oxygens (including phenoxy) is 1. The van der Waals surface area contributed by atoms with Crippen molar-refractivity contribution < 1.29 is 18.4 Å². The number of hydrogen-bond acceptors (Lipinski definition) is 3. The van der Waals surface area contributed by atoms with Crippen molar-refractivity contribution >= 4 is 6.21 Å². The molecule has 0 spiro atoms. The quantitative estimate of drug-likeness (QED) is 0.593. The fourth-order valence-corrected chi connectivity index (χ4v) is 1.70. The molecule has 0 aliphatic heterocycles. The Hall–Kier alpha value is -2.43. The normalized spacial score (nSPS) is 11.0. The minimum absolute atomic E-state index is 0.116. The Kier molecular flexibility index (Phi) is 5.26. The second-order valence-electron chi connectivity index (χ2n) is 4.21. The van der Waals surface area contributed by atoms with Gasteiger partial charge in [0, 0.05) is 11.1 Å². The van der Waals surface area contributed by atoms with Crippen LogP contribution in [0.4, 0.5) is 8.78 Å². The average Bonchev–Trinajstić information content (AvgIpc) is 2.52. The summed E-state index contributed by atoms with van der Waals surface area (Å²) in [5.74, 6) is 0.750. The lowest BCUT2D eigenvalue weighted by Gasteiger charge is -2.04. The van der Waals surface area contributed by atoms with Gasteiger partial charge in [0.15, 0.2) is 0 Å². The smallest absolute Gasteiger partial charge is 0.264 e. The lowest BCUT2D eigenvalue weighted by molar-refractivity contribution is 0.131. The fraction of sp³-hybridized carbons (Fsp3) is 0.188. The van der Waals surface area contributed by atoms with Gasteiger partial charge in [0.1, 0.15) is 18.6 Å². The van der Waals surface area contributed by atoms with E-state index in [4.69, 9.17) is 9.57 Å². The summed E-state index contributed by atoms with van der Waals surface area (Å²) >= 11 is 0. The van der Waals surface area contributed by atoms with Crippen LogP contribution in [-0.4, -0.2) is 13.3 Å². The monoisotopic (exact) mass is 290 g/mol. The molecular formula is C16H14F2NO2. The molecule has 0 saturated carbocycles. The van der Waals surface area contributed by atoms with Crippen LogP contribution >= 0.6 is 0 Å². The molecule has 5 heteroatoms. The summed E-state index contributed by atoms with van der Waals surface area (Å²) in [4.78, 5) is 5.06. The third-order valence-electron chi connectivity index (χ3n) is 2.82. The van der Waals surface area contributed by atoms with Gasteiger partial charge in [-0.15, -0.1) is 0 Å². The molecule has 2 rings (SSSR count). The molecule has 109 valence electrons. The maximum absolute atomic E-state index is 12.7. The Morgan fingerprint density at radius 1 is 1.10 bits per heavy atom. The first kappa shape index (κ1) is 15.0. The van der Waals surface area contributed by atoms with E-state index in [2.05, 4.69) is 11.4 Å². The van der Waals surface area contributed by atoms with Crippen molar-refractivity contribution in [3.8, 4) is 5.75 Å². The fourth-order valence-electron chi connectivity index (χ4n) is 1.70. The number of rotatable bonds is 6. The summed E-state index contributed by atoms with van der Waals surface area (Å²) in [6, 6.07) is 13.3. The highest BCUT2D eigenvalue weighted by atomic mass is 19.3. The van der Waals surface area contributed by atoms with E-state index in [0.29, 0.717) is 0 Å². The molecule has 0 aromatic heterocycles. The van der Waals surface area contributed by atoms with Crippen molar-refractivity contribution in [1.82, 2.24) is 0 Å². The second-order valence-corrected chi connectivity index (χ2v) is 4.21. The van der Waals surface area contributed by atoms with E-state index in [1.54, 1.807) is 31.4 Å². The van der Waals surface area contributed by atoms with Crippen molar-refractivity contribution in [2.45, 2.75) is 13.0 Å². The predicted molar refractivity (Wildman–Crippen MR) is 75.7 cm³/mol. The standard InChI is InChI=1S/C16H14F2NO2/c1-20-14-8-6-12(7-9-14)11-21-19-10-13-4-2-3-5-15(13)16(17)18/h2-9,16H,11H2,1H3. The molecule has 0 saturated heterocycles. The number of hydrogen-bond donors (Lipinski definition) is 0. The SMILES string of the molecule is COc1ccc(CO/N=[C]\c2ccccc2C(F)F)cc1. The molecule has 0 bridgehead atoms. The number of alkyl halides is 2. The van der Waals surface area contributed by atoms with Crippen LogP contribution in [0.15, 0.2) is 53.7 Å². The van der Waals surface area contributed by atoms with Crippen LogP contribution in [0, 0.1) is 0 Å². The molecule has 0 unspecified atom stereocenters. The maximum Gasteiger partial charge on any atom is 0.264 e. The lowest BCUT2D eigenvalue weighted by atomic mass is 10.1. The topological polar surface area (TPSA) is 30.8 Å². The van der Waals surface area contributed by atoms with Crippen LogP contribution in [0.5, 0.6) is 5.75 Å². The summed E-state index contributed by atoms with van der Waals surface area (Å²) in [7, 11) is 1.59. The van der Waals surface area contributed by atoms with Crippen LogP contribution in [0.1, 0.15) is 23.1 Å². The van der Waals surface area contributed by atoms with Gasteiger partial charge in [0.05, 0.1) is 7.11 Å². The highest BCUT2D eigenvalue weighted by Crippen LogP contribution is 2.21. The molecule has 0 amide bonds. The molecule has 2 aromatic carbocycles. The Balaban J connectivity index is 1.93. The summed E-state index contributed by atoms with van der Waals surface area (Å²) in [6.45, 7) is 0.230. The predicted octanol–water partition coefficient (Wildman–Crippen LogP) is 4.06. The summed E-state index contributed by atoms with van der Waals surface area (Å²) in [6.07, 6.45) is -0.0789. The molecule has 0 aliphatic carbocycles. The van der Waals surface area contributed by atoms with Gasteiger partial charge in [0.25, 0.3) is 6.43 Å². The number of methoxy groups -OCH3 is 1. The minimum Gasteiger partial charge on any atom is -0.497 e. The Labute approximate surface area is 121 Å². The lowest BCUT2D eigenvalue weighted by Crippen LogP contribution is -1.94. The molecule has 0 N–H and O–H groups in total. The summed E-state index contributed by atoms with van der Waals surface area (Å²) in [5, 5.41) is 3.61. The van der Waals surface area contributed by atoms with Gasteiger partial charge >= 0.3 is 0 Å². The van der Waals surface area contributed by atoms with Crippen molar-refractivity contribution in [1.29, 1.82) is 0 Å². The zero-order valence-corrected chi connectivity index (χ0v) is 11.4. The van der Waals surface area contributed by atoms with E-state index in [9.17, 15) is 8.78 Å². The molecule has 3 nitrogen and oxygen atoms in total. The first-order chi connectivity index (χ1) is 10.2. The molecule has 0 atom stereocenters. The first-order valence-electron chi connectivity index (χ1n) is 6.28. The van der Waals surface area contributed by atoms with Gasteiger partial charge in [-0.25, -0.2) is 8.78 Å². The highest BCUT2D eigenvalue weighted by molar-refractivity contribution is 5.81. The van der Waals surface area contributed by atoms with Gasteiger partial charge in [0.2, 0.25) is 0 Å². The van der Waals surface area contributed by atoms with Gasteiger partial charge < -0.3 is 9.57 Å². The van der Waals surface area contributed by atoms with Crippen molar-refractivity contribution in [3.63, 3.8) is 0 Å². The summed E-state index contributed by atoms with van der Waals surface area (Å²) in [5.41, 5.74) is 1.00. The van der Waals surface area contributed by atoms with Gasteiger partial charge in [-0.1, -0.05) is 41.6 Å². The third-order valence-corrected chi connectivity index (χ3v) is 2.82. The number of benzene rings is 2. The number of halogens is 2. The number of nitrogens with zero attached hydrogens (tertiary/aromatic N) is 1. The van der Waals surface area contributed by atoms with Crippen LogP contribution in [-0.2, 0) is 11.4 Å². The van der Waals surface area contributed by atoms with Crippen molar-refractivity contribution in [2.24, 2.45) is 5.16 Å². The zero-order chi connectivity index (χ0) is 15.1. The summed E-state index contributed by atoms with van der Waals surface area (Å²) < 4.78 is 30.5. The van der Waals surface area contributed by atoms with Gasteiger partial charge in [-0.05, 0) is 17.7 Å². The van der Waals surface area contributed by atoms with E-state index in [-0.39, 0.29) is 17.7 Å². The Morgan fingerprint density at radius 2 is 1.81 bits per heavy atom. The first-order valence-corrected chi connectivity index (χ1v) is 6.28. The molecular weight excluding hydrogens is 276 g/mol. The van der Waals surface area contributed by atoms with Crippen molar-refractivity contribution in [3.05, 3.63) is 65.2 Å². The van der Waals surface area contributed by atoms with E-state index in [0.717, 1.165) is 11.3 Å². The van der Waals surface area contributed by atoms with Crippen LogP contribution in [0.25, 0.3) is 0 Å². The largest absolute Gasteiger partial charge is 0.497 e. The average molecular weight is 290 g/mol. The zero-order valence-electron chi connectivity index (χ0n) is 11.4. The van der Waals surface area contributed by atoms with Crippen LogP contribution in [0.3, 0.4) is 0 Å². The van der Waals surface area contributed by atoms with Gasteiger partial charge in [-0.2, -0.15) is 0 Å². The minimum atomic E-state index is -2.56. The van der Waals surface area contributed by atoms with E-state index < -0.39 is 6.43 Å². The molecule has 0 fully saturated rings. The van der Waals surface area contributed by atoms with E-state index in [1.807, 2.05) is 12.1 Å². The van der Waals surface area contributed by atoms with Crippen LogP contribution < -0.4 is 4.74 Å². The van der Waals surface area contributed by atoms with Crippen LogP contribution in [0.2, 0.25) is 0 Å².